The summed E-state index contributed by atoms with van der Waals surface area (Å²) in [4.78, 5) is 4.05. The van der Waals surface area contributed by atoms with Crippen LogP contribution in [0.15, 0.2) is 48.9 Å². The van der Waals surface area contributed by atoms with Crippen molar-refractivity contribution < 1.29 is 46.2 Å². The number of aryl methyl sites for hydroxylation is 2. The first-order valence-electron chi connectivity index (χ1n) is 19.2. The highest BCUT2D eigenvalue weighted by molar-refractivity contribution is 7.54. The number of benzene rings is 2. The zero-order chi connectivity index (χ0) is 42.1. The minimum Gasteiger partial charge on any atom is -0.462 e. The van der Waals surface area contributed by atoms with E-state index < -0.39 is 38.0 Å². The lowest BCUT2D eigenvalue weighted by Gasteiger charge is -2.37. The highest BCUT2D eigenvalue weighted by Crippen LogP contribution is 2.55. The number of allylic oxidation sites excluding steroid dienone is 2. The Hall–Kier alpha value is -2.66. The molecule has 0 spiro atoms. The van der Waals surface area contributed by atoms with E-state index in [2.05, 4.69) is 37.4 Å². The van der Waals surface area contributed by atoms with Gasteiger partial charge in [-0.15, -0.1) is 0 Å². The first-order valence-corrected chi connectivity index (χ1v) is 22.6. The van der Waals surface area contributed by atoms with E-state index in [1.54, 1.807) is 13.8 Å². The normalized spacial score (nSPS) is 18.5. The fraction of sp³-hybridized carbons (Fsp3) is 0.619. The van der Waals surface area contributed by atoms with Gasteiger partial charge in [0.1, 0.15) is 24.1 Å². The van der Waals surface area contributed by atoms with Gasteiger partial charge in [0, 0.05) is 76.1 Å². The van der Waals surface area contributed by atoms with Gasteiger partial charge in [0.2, 0.25) is 11.6 Å². The van der Waals surface area contributed by atoms with Crippen molar-refractivity contribution in [1.82, 2.24) is 9.80 Å². The van der Waals surface area contributed by atoms with Gasteiger partial charge in [0.05, 0.1) is 35.9 Å². The molecule has 2 aromatic rings. The average Bonchev–Trinajstić information content (AvgIpc) is 2.97. The maximum Gasteiger partial charge on any atom is 0.393 e. The van der Waals surface area contributed by atoms with Crippen LogP contribution in [-0.4, -0.2) is 58.2 Å². The van der Waals surface area contributed by atoms with Crippen LogP contribution >= 0.6 is 15.2 Å². The molecule has 2 atom stereocenters. The number of hydrogen-bond donors (Lipinski definition) is 0. The third kappa shape index (κ3) is 14.0. The van der Waals surface area contributed by atoms with Crippen molar-refractivity contribution in [3.8, 4) is 11.5 Å². The Labute approximate surface area is 335 Å². The van der Waals surface area contributed by atoms with Crippen LogP contribution in [-0.2, 0) is 63.0 Å². The maximum atomic E-state index is 14.7. The fourth-order valence-electron chi connectivity index (χ4n) is 6.74. The quantitative estimate of drug-likeness (QED) is 0.112. The molecule has 0 fully saturated rings. The molecule has 0 aromatic heterocycles. The van der Waals surface area contributed by atoms with Crippen molar-refractivity contribution in [3.63, 3.8) is 0 Å². The van der Waals surface area contributed by atoms with E-state index in [1.807, 2.05) is 92.9 Å². The molecule has 0 bridgehead atoms. The van der Waals surface area contributed by atoms with Gasteiger partial charge in [-0.1, -0.05) is 48.6 Å². The van der Waals surface area contributed by atoms with Crippen molar-refractivity contribution in [2.45, 2.75) is 146 Å². The SMILES string of the molecule is C=C(C)OP(=O)(CN(CCN(Cc1cc(C)cc2c1OC(C)(C)OC2)CP(=O)(OC(=C)C)OC(C)(C)C)Cc1cc(C)cc2c1OC(C)(C)OC2)OC(C)(C)C. The lowest BCUT2D eigenvalue weighted by Crippen LogP contribution is -2.39. The molecule has 0 N–H and O–H groups in total. The molecule has 2 aliphatic rings. The first kappa shape index (κ1) is 46.0. The zero-order valence-corrected chi connectivity index (χ0v) is 38.0. The van der Waals surface area contributed by atoms with E-state index in [4.69, 9.17) is 37.0 Å². The largest absolute Gasteiger partial charge is 0.462 e. The van der Waals surface area contributed by atoms with E-state index in [9.17, 15) is 9.13 Å². The monoisotopic (exact) mass is 820 g/mol. The van der Waals surface area contributed by atoms with Crippen molar-refractivity contribution in [2.75, 3.05) is 25.7 Å². The second-order valence-corrected chi connectivity index (χ2v) is 21.7. The van der Waals surface area contributed by atoms with Gasteiger partial charge in [0.25, 0.3) is 0 Å². The predicted molar refractivity (Wildman–Crippen MR) is 221 cm³/mol. The van der Waals surface area contributed by atoms with Crippen LogP contribution in [0, 0.1) is 13.8 Å². The Morgan fingerprint density at radius 2 is 1.02 bits per heavy atom. The molecule has 2 aromatic carbocycles. The summed E-state index contributed by atoms with van der Waals surface area (Å²) in [5.41, 5.74) is 4.17. The van der Waals surface area contributed by atoms with Crippen LogP contribution < -0.4 is 9.47 Å². The summed E-state index contributed by atoms with van der Waals surface area (Å²) >= 11 is 0. The third-order valence-electron chi connectivity index (χ3n) is 8.30. The van der Waals surface area contributed by atoms with E-state index in [1.165, 1.54) is 0 Å². The molecule has 0 amide bonds. The van der Waals surface area contributed by atoms with E-state index in [0.29, 0.717) is 39.4 Å². The highest BCUT2D eigenvalue weighted by atomic mass is 31.2. The topological polar surface area (TPSA) is 114 Å². The average molecular weight is 821 g/mol. The molecule has 0 saturated heterocycles. The fourth-order valence-corrected chi connectivity index (χ4v) is 11.1. The van der Waals surface area contributed by atoms with Crippen molar-refractivity contribution in [2.24, 2.45) is 0 Å². The van der Waals surface area contributed by atoms with E-state index in [0.717, 1.165) is 44.9 Å². The molecule has 0 saturated carbocycles. The number of hydrogen-bond acceptors (Lipinski definition) is 12. The van der Waals surface area contributed by atoms with Gasteiger partial charge >= 0.3 is 15.2 Å². The molecule has 2 heterocycles. The lowest BCUT2D eigenvalue weighted by atomic mass is 10.0. The second-order valence-electron chi connectivity index (χ2n) is 18.0. The third-order valence-corrected chi connectivity index (χ3v) is 12.6. The van der Waals surface area contributed by atoms with E-state index in [-0.39, 0.29) is 24.1 Å². The number of rotatable bonds is 17. The Morgan fingerprint density at radius 1 is 0.679 bits per heavy atom. The van der Waals surface area contributed by atoms with Crippen LogP contribution in [0.3, 0.4) is 0 Å². The summed E-state index contributed by atoms with van der Waals surface area (Å²) in [5.74, 6) is 0.349. The molecule has 0 radical (unpaired) electrons. The van der Waals surface area contributed by atoms with Crippen molar-refractivity contribution >= 4 is 15.2 Å². The first-order chi connectivity index (χ1) is 25.5. The summed E-state index contributed by atoms with van der Waals surface area (Å²) in [5, 5.41) is 0. The smallest absolute Gasteiger partial charge is 0.393 e. The van der Waals surface area contributed by atoms with Crippen LogP contribution in [0.1, 0.15) is 116 Å². The molecule has 0 aliphatic carbocycles. The molecule has 2 aliphatic heterocycles. The van der Waals surface area contributed by atoms with Crippen LogP contribution in [0.4, 0.5) is 0 Å². The minimum atomic E-state index is -3.81. The Morgan fingerprint density at radius 3 is 1.32 bits per heavy atom. The molecular weight excluding hydrogens is 754 g/mol. The number of ether oxygens (including phenoxy) is 4. The van der Waals surface area contributed by atoms with Gasteiger partial charge < -0.3 is 28.0 Å². The molecule has 4 rings (SSSR count). The van der Waals surface area contributed by atoms with Gasteiger partial charge in [-0.2, -0.15) is 0 Å². The van der Waals surface area contributed by atoms with E-state index >= 15 is 0 Å². The van der Waals surface area contributed by atoms with Crippen molar-refractivity contribution in [3.05, 3.63) is 82.3 Å². The molecule has 12 nitrogen and oxygen atoms in total. The summed E-state index contributed by atoms with van der Waals surface area (Å²) < 4.78 is 78.4. The molecule has 314 valence electrons. The van der Waals surface area contributed by atoms with Gasteiger partial charge in [0.15, 0.2) is 0 Å². The standard InChI is InChI=1S/C42H66N2O10P2/c1-29(2)51-55(45,53-39(7,8)9)27-43(23-33-19-31(5)21-35-25-47-41(13,14)49-37(33)35)17-18-44(28-56(46,52-30(3)4)54-40(10,11)12)24-34-20-32(6)22-36-26-48-42(15,16)50-38(34)36/h19-22H,1,3,17-18,23-28H2,2,4-16H3. The predicted octanol–water partition coefficient (Wildman–Crippen LogP) is 10.9. The molecular formula is C42H66N2O10P2. The Kier molecular flexibility index (Phi) is 14.2. The zero-order valence-electron chi connectivity index (χ0n) is 36.3. The Bertz CT molecular complexity index is 1730. The van der Waals surface area contributed by atoms with Crippen LogP contribution in [0.2, 0.25) is 0 Å². The summed E-state index contributed by atoms with van der Waals surface area (Å²) in [6, 6.07) is 8.27. The minimum absolute atomic E-state index is 0.0690. The van der Waals surface area contributed by atoms with Crippen molar-refractivity contribution in [1.29, 1.82) is 0 Å². The number of fused-ring (bicyclic) bond motifs is 2. The Balaban J connectivity index is 1.81. The van der Waals surface area contributed by atoms with Gasteiger partial charge in [-0.3, -0.25) is 18.8 Å². The maximum absolute atomic E-state index is 14.7. The summed E-state index contributed by atoms with van der Waals surface area (Å²) in [6.45, 7) is 35.8. The van der Waals surface area contributed by atoms with Gasteiger partial charge in [-0.05, 0) is 69.2 Å². The summed E-state index contributed by atoms with van der Waals surface area (Å²) in [7, 11) is -7.63. The van der Waals surface area contributed by atoms with Gasteiger partial charge in [-0.25, -0.2) is 9.13 Å². The molecule has 14 heteroatoms. The van der Waals surface area contributed by atoms with Crippen LogP contribution in [0.5, 0.6) is 11.5 Å². The molecule has 56 heavy (non-hydrogen) atoms. The lowest BCUT2D eigenvalue weighted by molar-refractivity contribution is -0.181. The molecule has 2 unspecified atom stereocenters. The second kappa shape index (κ2) is 17.3. The summed E-state index contributed by atoms with van der Waals surface area (Å²) in [6.07, 6.45) is -0.138. The van der Waals surface area contributed by atoms with Crippen LogP contribution in [0.25, 0.3) is 0 Å². The highest BCUT2D eigenvalue weighted by Gasteiger charge is 2.39. The number of nitrogens with zero attached hydrogens (tertiary/aromatic N) is 2.